The Balaban J connectivity index is 1.53. The summed E-state index contributed by atoms with van der Waals surface area (Å²) in [6.07, 6.45) is 4.79. The van der Waals surface area contributed by atoms with Gasteiger partial charge >= 0.3 is 6.03 Å². The van der Waals surface area contributed by atoms with Gasteiger partial charge in [-0.1, -0.05) is 27.7 Å². The lowest BCUT2D eigenvalue weighted by molar-refractivity contribution is -0.155. The predicted molar refractivity (Wildman–Crippen MR) is 187 cm³/mol. The number of rotatable bonds is 19. The molecule has 2 heterocycles. The number of hydrogen-bond acceptors (Lipinski definition) is 9. The number of benzene rings is 1. The van der Waals surface area contributed by atoms with E-state index in [9.17, 15) is 24.0 Å². The molecule has 4 atom stereocenters. The molecular weight excluding hydrogens is 626 g/mol. The van der Waals surface area contributed by atoms with Crippen LogP contribution in [-0.2, 0) is 9.59 Å². The Morgan fingerprint density at radius 3 is 1.84 bits per heavy atom. The third-order valence-corrected chi connectivity index (χ3v) is 10.4. The first-order valence-corrected chi connectivity index (χ1v) is 18.0. The van der Waals surface area contributed by atoms with Gasteiger partial charge in [-0.3, -0.25) is 19.2 Å². The zero-order valence-electron chi connectivity index (χ0n) is 29.8. The molecule has 5 N–H and O–H groups in total. The molecule has 4 unspecified atom stereocenters. The molecule has 1 aromatic carbocycles. The number of amides is 5. The molecule has 0 aromatic heterocycles. The number of urea groups is 1. The third kappa shape index (κ3) is 8.64. The van der Waals surface area contributed by atoms with Crippen LogP contribution in [0.5, 0.6) is 0 Å². The first-order chi connectivity index (χ1) is 23.5. The maximum atomic E-state index is 13.3. The molecule has 3 aliphatic rings. The summed E-state index contributed by atoms with van der Waals surface area (Å²) in [6.45, 7) is 16.6. The highest BCUT2D eigenvalue weighted by Gasteiger charge is 2.72. The van der Waals surface area contributed by atoms with Crippen LogP contribution in [0.1, 0.15) is 100 Å². The van der Waals surface area contributed by atoms with Crippen molar-refractivity contribution in [2.75, 3.05) is 52.4 Å². The monoisotopic (exact) mass is 681 g/mol. The van der Waals surface area contributed by atoms with E-state index < -0.39 is 22.8 Å². The molecule has 14 nitrogen and oxygen atoms in total. The van der Waals surface area contributed by atoms with E-state index in [-0.39, 0.29) is 46.7 Å². The molecule has 5 amide bonds. The van der Waals surface area contributed by atoms with Crippen LogP contribution >= 0.6 is 0 Å². The maximum Gasteiger partial charge on any atom is 0.315 e. The van der Waals surface area contributed by atoms with Crippen LogP contribution in [0.25, 0.3) is 0 Å². The van der Waals surface area contributed by atoms with Gasteiger partial charge < -0.3 is 36.4 Å². The SMILES string of the molecule is CCN(CC)CCCCNC(=O)c1cc(N=NC2(C(C)=O)C(=O)NC23CCC2NC(=O)NC2C3)cc(C(=O)NCCCCN(CC)CC)c1. The molecule has 14 heteroatoms. The van der Waals surface area contributed by atoms with Crippen LogP contribution in [0.3, 0.4) is 0 Å². The van der Waals surface area contributed by atoms with Crippen molar-refractivity contribution in [1.82, 2.24) is 36.4 Å². The summed E-state index contributed by atoms with van der Waals surface area (Å²) in [6, 6.07) is 3.93. The summed E-state index contributed by atoms with van der Waals surface area (Å²) in [7, 11) is 0. The Hall–Kier alpha value is -3.91. The lowest BCUT2D eigenvalue weighted by Gasteiger charge is -2.57. The van der Waals surface area contributed by atoms with Crippen molar-refractivity contribution in [3.05, 3.63) is 29.3 Å². The summed E-state index contributed by atoms with van der Waals surface area (Å²) in [5, 5.41) is 23.4. The highest BCUT2D eigenvalue weighted by Crippen LogP contribution is 2.48. The quantitative estimate of drug-likeness (QED) is 0.0645. The zero-order valence-corrected chi connectivity index (χ0v) is 29.8. The molecule has 49 heavy (non-hydrogen) atoms. The van der Waals surface area contributed by atoms with Gasteiger partial charge in [-0.25, -0.2) is 4.79 Å². The topological polar surface area (TPSA) is 177 Å². The van der Waals surface area contributed by atoms with Gasteiger partial charge in [0.25, 0.3) is 17.7 Å². The van der Waals surface area contributed by atoms with Crippen LogP contribution in [0.4, 0.5) is 10.5 Å². The molecular formula is C35H55N9O5. The maximum absolute atomic E-state index is 13.3. The van der Waals surface area contributed by atoms with Gasteiger partial charge in [0, 0.05) is 24.2 Å². The summed E-state index contributed by atoms with van der Waals surface area (Å²) in [5.41, 5.74) is -2.15. The number of ketones is 1. The largest absolute Gasteiger partial charge is 0.352 e. The number of hydrogen-bond donors (Lipinski definition) is 5. The molecule has 2 aliphatic heterocycles. The second-order valence-electron chi connectivity index (χ2n) is 13.3. The van der Waals surface area contributed by atoms with E-state index in [4.69, 9.17) is 0 Å². The van der Waals surface area contributed by atoms with E-state index in [0.717, 1.165) is 65.0 Å². The molecule has 4 rings (SSSR count). The third-order valence-electron chi connectivity index (χ3n) is 10.4. The van der Waals surface area contributed by atoms with Crippen LogP contribution in [0, 0.1) is 0 Å². The number of β-lactam (4-membered cyclic amide) rings is 1. The van der Waals surface area contributed by atoms with Crippen molar-refractivity contribution in [2.45, 2.75) is 103 Å². The molecule has 3 fully saturated rings. The highest BCUT2D eigenvalue weighted by atomic mass is 16.2. The van der Waals surface area contributed by atoms with E-state index in [0.29, 0.717) is 32.4 Å². The predicted octanol–water partition coefficient (Wildman–Crippen LogP) is 2.90. The van der Waals surface area contributed by atoms with Crippen LogP contribution in [0.2, 0.25) is 0 Å². The standard InChI is InChI=1S/C35H55N9O5/c1-6-43(7-2)18-12-10-16-36-30(46)25-20-26(31(47)37-17-11-13-19-44(8-3)9-4)22-27(21-25)41-42-35(24(5)45)32(48)40-34(35)15-14-28-29(23-34)39-33(49)38-28/h20-22,28-29H,6-19,23H2,1-5H3,(H,36,46)(H,37,47)(H,40,48)(H2,38,39,49). The van der Waals surface area contributed by atoms with E-state index in [2.05, 4.69) is 74.3 Å². The number of nitrogens with one attached hydrogen (secondary N) is 5. The van der Waals surface area contributed by atoms with Crippen molar-refractivity contribution >= 4 is 35.2 Å². The number of carbonyl (C=O) groups is 5. The van der Waals surface area contributed by atoms with Gasteiger partial charge in [0.2, 0.25) is 5.54 Å². The van der Waals surface area contributed by atoms with E-state index in [1.165, 1.54) is 25.1 Å². The summed E-state index contributed by atoms with van der Waals surface area (Å²) < 4.78 is 0. The second-order valence-corrected chi connectivity index (χ2v) is 13.3. The Morgan fingerprint density at radius 1 is 0.816 bits per heavy atom. The number of unbranched alkanes of at least 4 members (excludes halogenated alkanes) is 2. The van der Waals surface area contributed by atoms with E-state index in [1.54, 1.807) is 0 Å². The fraction of sp³-hybridized carbons (Fsp3) is 0.686. The first kappa shape index (κ1) is 37.9. The van der Waals surface area contributed by atoms with Gasteiger partial charge in [0.15, 0.2) is 5.78 Å². The van der Waals surface area contributed by atoms with Gasteiger partial charge in [0.05, 0.1) is 23.3 Å². The summed E-state index contributed by atoms with van der Waals surface area (Å²) >= 11 is 0. The van der Waals surface area contributed by atoms with Crippen LogP contribution in [-0.4, -0.2) is 115 Å². The number of carbonyl (C=O) groups excluding carboxylic acids is 5. The average Bonchev–Trinajstić information content (AvgIpc) is 3.46. The normalized spacial score (nSPS) is 24.4. The molecule has 1 spiro atoms. The van der Waals surface area contributed by atoms with Gasteiger partial charge in [-0.15, -0.1) is 0 Å². The van der Waals surface area contributed by atoms with Gasteiger partial charge in [-0.05, 0) is 109 Å². The minimum Gasteiger partial charge on any atom is -0.352 e. The minimum atomic E-state index is -1.79. The smallest absolute Gasteiger partial charge is 0.315 e. The van der Waals surface area contributed by atoms with Gasteiger partial charge in [0.1, 0.15) is 0 Å². The Labute approximate surface area is 290 Å². The first-order valence-electron chi connectivity index (χ1n) is 18.0. The Kier molecular flexibility index (Phi) is 13.3. The van der Waals surface area contributed by atoms with E-state index in [1.807, 2.05) is 0 Å². The number of fused-ring (bicyclic) bond motifs is 1. The molecule has 1 aliphatic carbocycles. The average molecular weight is 682 g/mol. The molecule has 1 saturated carbocycles. The lowest BCUT2D eigenvalue weighted by atomic mass is 9.58. The number of azo groups is 1. The van der Waals surface area contributed by atoms with Crippen molar-refractivity contribution in [2.24, 2.45) is 10.2 Å². The Morgan fingerprint density at radius 2 is 1.35 bits per heavy atom. The van der Waals surface area contributed by atoms with Crippen molar-refractivity contribution in [3.8, 4) is 0 Å². The number of nitrogens with zero attached hydrogens (tertiary/aromatic N) is 4. The summed E-state index contributed by atoms with van der Waals surface area (Å²) in [5.74, 6) is -1.72. The van der Waals surface area contributed by atoms with Crippen molar-refractivity contribution < 1.29 is 24.0 Å². The molecule has 0 radical (unpaired) electrons. The molecule has 1 aromatic rings. The summed E-state index contributed by atoms with van der Waals surface area (Å²) in [4.78, 5) is 69.7. The van der Waals surface area contributed by atoms with Crippen molar-refractivity contribution in [1.29, 1.82) is 0 Å². The van der Waals surface area contributed by atoms with Crippen LogP contribution < -0.4 is 26.6 Å². The zero-order chi connectivity index (χ0) is 35.6. The van der Waals surface area contributed by atoms with Gasteiger partial charge in [-0.2, -0.15) is 10.2 Å². The van der Waals surface area contributed by atoms with Crippen molar-refractivity contribution in [3.63, 3.8) is 0 Å². The van der Waals surface area contributed by atoms with Crippen LogP contribution in [0.15, 0.2) is 28.4 Å². The fourth-order valence-corrected chi connectivity index (χ4v) is 7.30. The Bertz CT molecular complexity index is 1330. The fourth-order valence-electron chi connectivity index (χ4n) is 7.30. The minimum absolute atomic E-state index is 0.0945. The van der Waals surface area contributed by atoms with E-state index >= 15 is 0 Å². The highest BCUT2D eigenvalue weighted by molar-refractivity contribution is 6.17. The molecule has 2 saturated heterocycles. The lowest BCUT2D eigenvalue weighted by Crippen LogP contribution is -2.84. The molecule has 270 valence electrons. The second kappa shape index (κ2) is 17.1. The number of Topliss-reactive ketones (excluding diaryl/α,β-unsaturated/α-hetero) is 1. The molecule has 0 bridgehead atoms.